The van der Waals surface area contributed by atoms with E-state index in [2.05, 4.69) is 28.4 Å². The van der Waals surface area contributed by atoms with Gasteiger partial charge in [0.1, 0.15) is 5.75 Å². The molecule has 140 valence electrons. The van der Waals surface area contributed by atoms with Gasteiger partial charge >= 0.3 is 0 Å². The van der Waals surface area contributed by atoms with Crippen molar-refractivity contribution in [2.45, 2.75) is 44.9 Å². The van der Waals surface area contributed by atoms with Crippen LogP contribution in [0, 0.1) is 4.77 Å². The van der Waals surface area contributed by atoms with E-state index < -0.39 is 0 Å². The van der Waals surface area contributed by atoms with Crippen LogP contribution in [0.3, 0.4) is 0 Å². The summed E-state index contributed by atoms with van der Waals surface area (Å²) >= 11 is 5.44. The van der Waals surface area contributed by atoms with Crippen LogP contribution in [0.1, 0.15) is 56.3 Å². The highest BCUT2D eigenvalue weighted by molar-refractivity contribution is 7.71. The number of hydrogen-bond acceptors (Lipinski definition) is 4. The Labute approximate surface area is 164 Å². The van der Waals surface area contributed by atoms with Gasteiger partial charge in [0.05, 0.1) is 12.8 Å². The molecule has 1 heterocycles. The van der Waals surface area contributed by atoms with E-state index in [-0.39, 0.29) is 0 Å². The van der Waals surface area contributed by atoms with E-state index in [1.165, 1.54) is 19.3 Å². The van der Waals surface area contributed by atoms with Crippen LogP contribution in [0.5, 0.6) is 5.75 Å². The molecule has 0 radical (unpaired) electrons. The van der Waals surface area contributed by atoms with Crippen molar-refractivity contribution < 1.29 is 4.74 Å². The van der Waals surface area contributed by atoms with Gasteiger partial charge in [-0.2, -0.15) is 14.9 Å². The molecule has 1 fully saturated rings. The zero-order valence-electron chi connectivity index (χ0n) is 15.5. The molecule has 1 saturated carbocycles. The summed E-state index contributed by atoms with van der Waals surface area (Å²) in [4.78, 5) is 0. The highest BCUT2D eigenvalue weighted by atomic mass is 32.1. The van der Waals surface area contributed by atoms with E-state index in [4.69, 9.17) is 22.1 Å². The van der Waals surface area contributed by atoms with Crippen LogP contribution in [0.2, 0.25) is 0 Å². The summed E-state index contributed by atoms with van der Waals surface area (Å²) in [6, 6.07) is 12.3. The maximum absolute atomic E-state index is 5.84. The average Bonchev–Trinajstić information content (AvgIpc) is 3.08. The molecule has 3 aromatic rings. The fourth-order valence-corrected chi connectivity index (χ4v) is 4.03. The molecule has 6 heteroatoms. The van der Waals surface area contributed by atoms with E-state index in [9.17, 15) is 0 Å². The van der Waals surface area contributed by atoms with Crippen molar-refractivity contribution in [3.63, 3.8) is 0 Å². The quantitative estimate of drug-likeness (QED) is 0.475. The van der Waals surface area contributed by atoms with Crippen molar-refractivity contribution in [3.05, 3.63) is 52.6 Å². The molecule has 0 atom stereocenters. The number of rotatable bonds is 5. The van der Waals surface area contributed by atoms with E-state index in [0.29, 0.717) is 17.3 Å². The molecule has 0 amide bonds. The number of fused-ring (bicyclic) bond motifs is 1. The summed E-state index contributed by atoms with van der Waals surface area (Å²) in [5.74, 6) is 2.19. The van der Waals surface area contributed by atoms with E-state index >= 15 is 0 Å². The average molecular weight is 381 g/mol. The number of aromatic amines is 1. The van der Waals surface area contributed by atoms with Gasteiger partial charge in [-0.3, -0.25) is 5.10 Å². The summed E-state index contributed by atoms with van der Waals surface area (Å²) in [6.45, 7) is 2.60. The highest BCUT2D eigenvalue weighted by Gasteiger charge is 2.21. The lowest BCUT2D eigenvalue weighted by atomic mass is 9.89. The van der Waals surface area contributed by atoms with Crippen molar-refractivity contribution in [1.29, 1.82) is 0 Å². The molecule has 0 aliphatic heterocycles. The Morgan fingerprint density at radius 2 is 2.04 bits per heavy atom. The van der Waals surface area contributed by atoms with Gasteiger partial charge in [0.2, 0.25) is 4.77 Å². The molecule has 0 unspecified atom stereocenters. The summed E-state index contributed by atoms with van der Waals surface area (Å²) < 4.78 is 8.15. The minimum Gasteiger partial charge on any atom is -0.493 e. The third kappa shape index (κ3) is 3.67. The number of nitrogens with one attached hydrogen (secondary N) is 1. The lowest BCUT2D eigenvalue weighted by molar-refractivity contribution is 0.340. The van der Waals surface area contributed by atoms with Crippen molar-refractivity contribution in [2.24, 2.45) is 5.10 Å². The Kier molecular flexibility index (Phi) is 5.34. The first kappa shape index (κ1) is 17.9. The van der Waals surface area contributed by atoms with Gasteiger partial charge in [0.15, 0.2) is 5.82 Å². The van der Waals surface area contributed by atoms with Crippen LogP contribution in [0.25, 0.3) is 10.8 Å². The Morgan fingerprint density at radius 1 is 1.22 bits per heavy atom. The summed E-state index contributed by atoms with van der Waals surface area (Å²) in [5, 5.41) is 14.4. The van der Waals surface area contributed by atoms with Crippen LogP contribution in [0.4, 0.5) is 0 Å². The van der Waals surface area contributed by atoms with Gasteiger partial charge in [-0.15, -0.1) is 0 Å². The fourth-order valence-electron chi connectivity index (χ4n) is 3.85. The fraction of sp³-hybridized carbons (Fsp3) is 0.381. The summed E-state index contributed by atoms with van der Waals surface area (Å²) in [6.07, 6.45) is 7.93. The van der Waals surface area contributed by atoms with Crippen LogP contribution in [-0.4, -0.2) is 27.7 Å². The minimum absolute atomic E-state index is 0.419. The number of benzene rings is 2. The third-order valence-corrected chi connectivity index (χ3v) is 5.44. The SMILES string of the molecule is CCOc1ccc2ccccc2c1/C=N\n1c(C2CCCCC2)n[nH]c1=S. The number of nitrogens with zero attached hydrogens (tertiary/aromatic N) is 3. The predicted octanol–water partition coefficient (Wildman–Crippen LogP) is 5.42. The normalized spacial score (nSPS) is 15.6. The zero-order chi connectivity index (χ0) is 18.6. The molecule has 0 saturated heterocycles. The molecule has 5 nitrogen and oxygen atoms in total. The van der Waals surface area contributed by atoms with Gasteiger partial charge in [-0.05, 0) is 48.8 Å². The van der Waals surface area contributed by atoms with Crippen LogP contribution < -0.4 is 4.74 Å². The Morgan fingerprint density at radius 3 is 2.85 bits per heavy atom. The van der Waals surface area contributed by atoms with E-state index in [1.54, 1.807) is 4.68 Å². The van der Waals surface area contributed by atoms with E-state index in [1.807, 2.05) is 31.3 Å². The maximum Gasteiger partial charge on any atom is 0.216 e. The first-order valence-corrected chi connectivity index (χ1v) is 10.0. The Hall–Kier alpha value is -2.47. The second-order valence-corrected chi connectivity index (χ2v) is 7.30. The largest absolute Gasteiger partial charge is 0.493 e. The Bertz CT molecular complexity index is 1010. The monoisotopic (exact) mass is 380 g/mol. The first-order valence-electron chi connectivity index (χ1n) is 9.64. The van der Waals surface area contributed by atoms with Gasteiger partial charge in [0.25, 0.3) is 0 Å². The number of ether oxygens (including phenoxy) is 1. The molecule has 1 aliphatic rings. The van der Waals surface area contributed by atoms with E-state index in [0.717, 1.165) is 40.8 Å². The van der Waals surface area contributed by atoms with Gasteiger partial charge in [-0.1, -0.05) is 49.6 Å². The molecule has 1 N–H and O–H groups in total. The van der Waals surface area contributed by atoms with Crippen LogP contribution in [0.15, 0.2) is 41.5 Å². The van der Waals surface area contributed by atoms with Crippen molar-refractivity contribution in [1.82, 2.24) is 14.9 Å². The highest BCUT2D eigenvalue weighted by Crippen LogP contribution is 2.32. The minimum atomic E-state index is 0.419. The van der Waals surface area contributed by atoms with Gasteiger partial charge < -0.3 is 4.74 Å². The molecule has 2 aromatic carbocycles. The zero-order valence-corrected chi connectivity index (χ0v) is 16.3. The molecule has 0 spiro atoms. The lowest BCUT2D eigenvalue weighted by Crippen LogP contribution is -2.10. The molecule has 1 aromatic heterocycles. The smallest absolute Gasteiger partial charge is 0.216 e. The molecular weight excluding hydrogens is 356 g/mol. The number of aromatic nitrogens is 3. The third-order valence-electron chi connectivity index (χ3n) is 5.18. The van der Waals surface area contributed by atoms with Crippen LogP contribution >= 0.6 is 12.2 Å². The second-order valence-electron chi connectivity index (χ2n) is 6.91. The first-order chi connectivity index (χ1) is 13.3. The summed E-state index contributed by atoms with van der Waals surface area (Å²) in [7, 11) is 0. The number of hydrogen-bond donors (Lipinski definition) is 1. The van der Waals surface area contributed by atoms with Crippen LogP contribution in [-0.2, 0) is 0 Å². The van der Waals surface area contributed by atoms with Crippen molar-refractivity contribution >= 4 is 29.2 Å². The number of H-pyrrole nitrogens is 1. The van der Waals surface area contributed by atoms with Gasteiger partial charge in [-0.25, -0.2) is 0 Å². The van der Waals surface area contributed by atoms with Gasteiger partial charge in [0, 0.05) is 11.5 Å². The second kappa shape index (κ2) is 8.05. The maximum atomic E-state index is 5.84. The molecular formula is C21H24N4OS. The molecule has 0 bridgehead atoms. The Balaban J connectivity index is 1.76. The van der Waals surface area contributed by atoms with Crippen molar-refractivity contribution in [3.8, 4) is 5.75 Å². The molecule has 1 aliphatic carbocycles. The lowest BCUT2D eigenvalue weighted by Gasteiger charge is -2.20. The summed E-state index contributed by atoms with van der Waals surface area (Å²) in [5.41, 5.74) is 0.965. The topological polar surface area (TPSA) is 55.2 Å². The predicted molar refractivity (Wildman–Crippen MR) is 111 cm³/mol. The standard InChI is InChI=1S/C21H24N4OS/c1-2-26-19-13-12-15-8-6-7-11-17(15)18(19)14-22-25-20(23-24-21(25)27)16-9-4-3-5-10-16/h6-8,11-14,16H,2-5,9-10H2,1H3,(H,24,27)/b22-14-. The molecule has 27 heavy (non-hydrogen) atoms. The van der Waals surface area contributed by atoms with Crippen molar-refractivity contribution in [2.75, 3.05) is 6.61 Å². The molecule has 4 rings (SSSR count).